The second-order valence-electron chi connectivity index (χ2n) is 5.00. The summed E-state index contributed by atoms with van der Waals surface area (Å²) in [5.41, 5.74) is 6.01. The van der Waals surface area contributed by atoms with Crippen LogP contribution in [0.4, 0.5) is 0 Å². The minimum atomic E-state index is -0.447. The molecule has 1 aliphatic rings. The Morgan fingerprint density at radius 2 is 2.04 bits per heavy atom. The number of thioether (sulfide) groups is 1. The molecule has 1 unspecified atom stereocenters. The van der Waals surface area contributed by atoms with E-state index in [1.165, 1.54) is 23.5 Å². The van der Waals surface area contributed by atoms with Crippen LogP contribution in [0.3, 0.4) is 0 Å². The molecule has 2 aromatic heterocycles. The van der Waals surface area contributed by atoms with E-state index < -0.39 is 6.23 Å². The molecule has 0 spiro atoms. The zero-order valence-electron chi connectivity index (χ0n) is 13.3. The summed E-state index contributed by atoms with van der Waals surface area (Å²) in [6.07, 6.45) is 1.49. The molecule has 0 fully saturated rings. The van der Waals surface area contributed by atoms with E-state index in [0.717, 1.165) is 26.8 Å². The maximum absolute atomic E-state index is 5.65. The lowest BCUT2D eigenvalue weighted by Crippen LogP contribution is -2.22. The van der Waals surface area contributed by atoms with Gasteiger partial charge in [-0.2, -0.15) is 4.98 Å². The minimum Gasteiger partial charge on any atom is -0.481 e. The van der Waals surface area contributed by atoms with Gasteiger partial charge in [-0.15, -0.1) is 0 Å². The highest BCUT2D eigenvalue weighted by Gasteiger charge is 2.30. The Hall–Kier alpha value is -1.97. The first kappa shape index (κ1) is 15.6. The lowest BCUT2D eigenvalue weighted by Gasteiger charge is -2.20. The van der Waals surface area contributed by atoms with Crippen molar-refractivity contribution in [2.24, 2.45) is 0 Å². The maximum atomic E-state index is 5.65. The Labute approximate surface area is 147 Å². The molecule has 1 aliphatic heterocycles. The van der Waals surface area contributed by atoms with E-state index in [9.17, 15) is 0 Å². The van der Waals surface area contributed by atoms with Gasteiger partial charge in [0.2, 0.25) is 5.88 Å². The summed E-state index contributed by atoms with van der Waals surface area (Å²) in [4.78, 5) is 13.8. The van der Waals surface area contributed by atoms with Crippen molar-refractivity contribution in [3.8, 4) is 5.88 Å². The number of methoxy groups -OCH3 is 2. The van der Waals surface area contributed by atoms with Crippen LogP contribution in [0.15, 0.2) is 39.6 Å². The first-order chi connectivity index (χ1) is 11.7. The fraction of sp³-hybridized carbons (Fsp3) is 0.267. The van der Waals surface area contributed by atoms with Crippen LogP contribution in [0, 0.1) is 0 Å². The van der Waals surface area contributed by atoms with Crippen molar-refractivity contribution in [1.82, 2.24) is 19.6 Å². The molecule has 7 nitrogen and oxygen atoms in total. The van der Waals surface area contributed by atoms with Crippen LogP contribution in [-0.4, -0.2) is 40.1 Å². The Balaban J connectivity index is 1.94. The second-order valence-corrected chi connectivity index (χ2v) is 6.73. The van der Waals surface area contributed by atoms with Gasteiger partial charge in [0.1, 0.15) is 5.03 Å². The van der Waals surface area contributed by atoms with Crippen molar-refractivity contribution >= 4 is 34.6 Å². The normalized spacial score (nSPS) is 16.2. The summed E-state index contributed by atoms with van der Waals surface area (Å²) in [5, 5.41) is 2.22. The van der Waals surface area contributed by atoms with Crippen LogP contribution in [0.5, 0.6) is 5.88 Å². The fourth-order valence-electron chi connectivity index (χ4n) is 2.60. The summed E-state index contributed by atoms with van der Waals surface area (Å²) < 4.78 is 13.1. The lowest BCUT2D eigenvalue weighted by molar-refractivity contribution is 0.109. The van der Waals surface area contributed by atoms with E-state index in [1.54, 1.807) is 14.2 Å². The van der Waals surface area contributed by atoms with Gasteiger partial charge in [-0.1, -0.05) is 23.9 Å². The Morgan fingerprint density at radius 3 is 2.79 bits per heavy atom. The molecule has 1 aromatic carbocycles. The third-order valence-corrected chi connectivity index (χ3v) is 5.20. The molecule has 0 saturated heterocycles. The number of hydrogen-bond donors (Lipinski definition) is 1. The molecule has 4 rings (SSSR count). The number of ether oxygens (including phenoxy) is 2. The minimum absolute atomic E-state index is 0.447. The van der Waals surface area contributed by atoms with Crippen molar-refractivity contribution in [3.63, 3.8) is 0 Å². The molecule has 0 aliphatic carbocycles. The van der Waals surface area contributed by atoms with Gasteiger partial charge >= 0.3 is 0 Å². The van der Waals surface area contributed by atoms with Crippen molar-refractivity contribution in [2.75, 3.05) is 25.9 Å². The molecular weight excluding hydrogens is 346 g/mol. The average Bonchev–Trinajstić information content (AvgIpc) is 2.87. The second kappa shape index (κ2) is 6.15. The summed E-state index contributed by atoms with van der Waals surface area (Å²) >= 11 is 2.94. The van der Waals surface area contributed by atoms with Crippen molar-refractivity contribution in [2.45, 2.75) is 21.6 Å². The Kier molecular flexibility index (Phi) is 3.99. The molecule has 3 heterocycles. The van der Waals surface area contributed by atoms with Gasteiger partial charge in [0.15, 0.2) is 16.5 Å². The number of fused-ring (bicyclic) bond motifs is 4. The first-order valence-electron chi connectivity index (χ1n) is 7.19. The summed E-state index contributed by atoms with van der Waals surface area (Å²) in [6, 6.07) is 7.95. The van der Waals surface area contributed by atoms with Crippen molar-refractivity contribution in [3.05, 3.63) is 29.8 Å². The topological polar surface area (TPSA) is 74.1 Å². The molecule has 0 saturated carbocycles. The van der Waals surface area contributed by atoms with Crippen LogP contribution in [-0.2, 0) is 4.74 Å². The zero-order valence-corrected chi connectivity index (χ0v) is 14.9. The van der Waals surface area contributed by atoms with Gasteiger partial charge in [-0.3, -0.25) is 5.43 Å². The molecule has 124 valence electrons. The third kappa shape index (κ3) is 2.40. The molecule has 0 bridgehead atoms. The maximum Gasteiger partial charge on any atom is 0.226 e. The summed E-state index contributed by atoms with van der Waals surface area (Å²) in [5.74, 6) is 0.506. The molecule has 24 heavy (non-hydrogen) atoms. The van der Waals surface area contributed by atoms with Crippen LogP contribution in [0.25, 0.3) is 11.0 Å². The number of rotatable bonds is 3. The Morgan fingerprint density at radius 1 is 1.21 bits per heavy atom. The predicted molar refractivity (Wildman–Crippen MR) is 93.3 cm³/mol. The average molecular weight is 361 g/mol. The van der Waals surface area contributed by atoms with E-state index in [2.05, 4.69) is 15.4 Å². The molecular formula is C15H15N5O2S2. The number of benzene rings is 1. The molecule has 0 amide bonds. The largest absolute Gasteiger partial charge is 0.481 e. The molecule has 0 radical (unpaired) electrons. The first-order valence-corrected chi connectivity index (χ1v) is 9.24. The van der Waals surface area contributed by atoms with E-state index in [0.29, 0.717) is 11.0 Å². The molecule has 1 atom stereocenters. The molecule has 1 N–H and O–H groups in total. The monoisotopic (exact) mass is 361 g/mol. The number of nitrogens with zero attached hydrogens (tertiary/aromatic N) is 4. The van der Waals surface area contributed by atoms with Crippen LogP contribution in [0.2, 0.25) is 0 Å². The smallest absolute Gasteiger partial charge is 0.226 e. The van der Waals surface area contributed by atoms with E-state index in [-0.39, 0.29) is 0 Å². The third-order valence-electron chi connectivity index (χ3n) is 3.69. The highest BCUT2D eigenvalue weighted by atomic mass is 32.2. The standard InChI is InChI=1S/C15H15N5O2S2/c1-21-11-10-12(22-2)19-20-9-7-5-4-6-8(9)16-15(20)24-13(10)18-14(17-11)23-3/h4-7,12,19H,1-3H3. The Bertz CT molecular complexity index is 914. The molecule has 9 heteroatoms. The van der Waals surface area contributed by atoms with Crippen molar-refractivity contribution in [1.29, 1.82) is 0 Å². The fourth-order valence-corrected chi connectivity index (χ4v) is 4.01. The van der Waals surface area contributed by atoms with Gasteiger partial charge in [0, 0.05) is 7.11 Å². The van der Waals surface area contributed by atoms with Gasteiger partial charge in [-0.05, 0) is 30.2 Å². The highest BCUT2D eigenvalue weighted by molar-refractivity contribution is 7.99. The zero-order chi connectivity index (χ0) is 16.7. The van der Waals surface area contributed by atoms with Gasteiger partial charge in [0.05, 0.1) is 23.7 Å². The van der Waals surface area contributed by atoms with E-state index >= 15 is 0 Å². The quantitative estimate of drug-likeness (QED) is 0.434. The van der Waals surface area contributed by atoms with Crippen LogP contribution >= 0.6 is 23.5 Å². The number of para-hydroxylation sites is 2. The highest BCUT2D eigenvalue weighted by Crippen LogP contribution is 2.41. The van der Waals surface area contributed by atoms with Gasteiger partial charge in [0.25, 0.3) is 0 Å². The van der Waals surface area contributed by atoms with Gasteiger partial charge < -0.3 is 9.47 Å². The number of hydrogen-bond acceptors (Lipinski definition) is 8. The van der Waals surface area contributed by atoms with Gasteiger partial charge in [-0.25, -0.2) is 14.6 Å². The van der Waals surface area contributed by atoms with E-state index in [4.69, 9.17) is 14.5 Å². The SMILES string of the molecule is COc1nc(SC)nc2c1C(OC)Nn1c(nc3ccccc31)S2. The predicted octanol–water partition coefficient (Wildman–Crippen LogP) is 2.91. The van der Waals surface area contributed by atoms with Crippen LogP contribution < -0.4 is 10.2 Å². The van der Waals surface area contributed by atoms with Crippen LogP contribution in [0.1, 0.15) is 11.8 Å². The number of aromatic nitrogens is 4. The lowest BCUT2D eigenvalue weighted by atomic mass is 10.3. The summed E-state index contributed by atoms with van der Waals surface area (Å²) in [6.45, 7) is 0. The molecule has 3 aromatic rings. The number of nitrogens with one attached hydrogen (secondary N) is 1. The number of imidazole rings is 1. The van der Waals surface area contributed by atoms with E-state index in [1.807, 2.05) is 35.2 Å². The van der Waals surface area contributed by atoms with Crippen molar-refractivity contribution < 1.29 is 9.47 Å². The summed E-state index contributed by atoms with van der Waals surface area (Å²) in [7, 11) is 3.24.